The van der Waals surface area contributed by atoms with Gasteiger partial charge in [-0.05, 0) is 34.3 Å². The quantitative estimate of drug-likeness (QED) is 0.503. The van der Waals surface area contributed by atoms with Crippen molar-refractivity contribution < 1.29 is 4.39 Å². The molecule has 0 aromatic carbocycles. The summed E-state index contributed by atoms with van der Waals surface area (Å²) in [5, 5.41) is 5.76. The zero-order valence-electron chi connectivity index (χ0n) is 12.1. The summed E-state index contributed by atoms with van der Waals surface area (Å²) in [5.74, 6) is 0. The topological polar surface area (TPSA) is 50.9 Å². The lowest BCUT2D eigenvalue weighted by Crippen LogP contribution is -2.21. The zero-order valence-corrected chi connectivity index (χ0v) is 16.1. The molecular weight excluding hydrogens is 421 g/mol. The van der Waals surface area contributed by atoms with Crippen LogP contribution in [0, 0.1) is 0 Å². The molecule has 0 aliphatic rings. The molecule has 3 rings (SSSR count). The smallest absolute Gasteiger partial charge is 0.150 e. The monoisotopic (exact) mass is 433 g/mol. The summed E-state index contributed by atoms with van der Waals surface area (Å²) in [7, 11) is 0. The highest BCUT2D eigenvalue weighted by atomic mass is 79.9. The van der Waals surface area contributed by atoms with Crippen LogP contribution in [0.5, 0.6) is 0 Å². The summed E-state index contributed by atoms with van der Waals surface area (Å²) in [6.07, 6.45) is -1.24. The van der Waals surface area contributed by atoms with E-state index in [-0.39, 0.29) is 0 Å². The number of fused-ring (bicyclic) bond motifs is 1. The molecule has 0 aliphatic carbocycles. The van der Waals surface area contributed by atoms with E-state index in [1.54, 1.807) is 24.3 Å². The molecule has 0 aliphatic heterocycles. The Morgan fingerprint density at radius 1 is 1.52 bits per heavy atom. The molecule has 0 amide bonds. The number of halogens is 3. The van der Waals surface area contributed by atoms with Crippen LogP contribution >= 0.6 is 50.2 Å². The van der Waals surface area contributed by atoms with Crippen molar-refractivity contribution >= 4 is 66.1 Å². The average Bonchev–Trinajstić information content (AvgIpc) is 3.13. The number of nitrogens with two attached hydrogens (primary N) is 1. The van der Waals surface area contributed by atoms with Gasteiger partial charge in [0.05, 0.1) is 25.3 Å². The minimum absolute atomic E-state index is 0.368. The van der Waals surface area contributed by atoms with Crippen molar-refractivity contribution in [3.05, 3.63) is 43.0 Å². The van der Waals surface area contributed by atoms with E-state index in [1.807, 2.05) is 11.4 Å². The molecule has 8 heteroatoms. The second-order valence-corrected chi connectivity index (χ2v) is 8.41. The Morgan fingerprint density at radius 3 is 2.96 bits per heavy atom. The Balaban J connectivity index is 2.02. The van der Waals surface area contributed by atoms with Gasteiger partial charge in [0.2, 0.25) is 0 Å². The van der Waals surface area contributed by atoms with Gasteiger partial charge in [-0.3, -0.25) is 0 Å². The minimum atomic E-state index is -1.24. The fraction of sp³-hybridized carbons (Fsp3) is 0.267. The van der Waals surface area contributed by atoms with Gasteiger partial charge in [0, 0.05) is 23.5 Å². The van der Waals surface area contributed by atoms with Gasteiger partial charge in [-0.25, -0.2) is 9.37 Å². The van der Waals surface area contributed by atoms with Crippen LogP contribution in [0.15, 0.2) is 28.1 Å². The number of hydrogen-bond donors (Lipinski definition) is 2. The Kier molecular flexibility index (Phi) is 5.22. The van der Waals surface area contributed by atoms with Crippen LogP contribution in [0.3, 0.4) is 0 Å². The summed E-state index contributed by atoms with van der Waals surface area (Å²) >= 11 is 12.6. The molecule has 2 atom stereocenters. The third-order valence-electron chi connectivity index (χ3n) is 3.32. The normalized spacial score (nSPS) is 14.1. The maximum atomic E-state index is 14.4. The fourth-order valence-electron chi connectivity index (χ4n) is 2.17. The van der Waals surface area contributed by atoms with E-state index in [4.69, 9.17) is 17.3 Å². The Bertz CT molecular complexity index is 820. The predicted octanol–water partition coefficient (Wildman–Crippen LogP) is 5.74. The van der Waals surface area contributed by atoms with Crippen molar-refractivity contribution in [1.82, 2.24) is 4.98 Å². The van der Waals surface area contributed by atoms with Crippen LogP contribution in [0.2, 0.25) is 5.15 Å². The van der Waals surface area contributed by atoms with Gasteiger partial charge in [0.15, 0.2) is 6.17 Å². The predicted molar refractivity (Wildman–Crippen MR) is 101 cm³/mol. The van der Waals surface area contributed by atoms with Crippen molar-refractivity contribution in [2.45, 2.75) is 25.7 Å². The molecular formula is C15H14BrClFN3S2. The summed E-state index contributed by atoms with van der Waals surface area (Å²) in [4.78, 5) is 6.08. The Morgan fingerprint density at radius 2 is 2.30 bits per heavy atom. The molecule has 3 aromatic heterocycles. The lowest BCUT2D eigenvalue weighted by Gasteiger charge is -2.09. The summed E-state index contributed by atoms with van der Waals surface area (Å²) < 4.78 is 15.9. The fourth-order valence-corrected chi connectivity index (χ4v) is 5.11. The highest BCUT2D eigenvalue weighted by Crippen LogP contribution is 2.44. The van der Waals surface area contributed by atoms with Crippen LogP contribution in [-0.2, 0) is 6.54 Å². The van der Waals surface area contributed by atoms with Crippen LogP contribution < -0.4 is 11.1 Å². The van der Waals surface area contributed by atoms with Crippen molar-refractivity contribution in [2.24, 2.45) is 5.73 Å². The largest absolute Gasteiger partial charge is 0.379 e. The van der Waals surface area contributed by atoms with E-state index in [0.717, 1.165) is 10.4 Å². The Labute approximate surface area is 154 Å². The first-order valence-corrected chi connectivity index (χ1v) is 9.78. The molecule has 0 spiro atoms. The minimum Gasteiger partial charge on any atom is -0.379 e. The number of rotatable bonds is 5. The maximum absolute atomic E-state index is 14.4. The van der Waals surface area contributed by atoms with Crippen molar-refractivity contribution in [3.63, 3.8) is 0 Å². The molecule has 3 heterocycles. The van der Waals surface area contributed by atoms with Gasteiger partial charge in [-0.15, -0.1) is 22.7 Å². The Hall–Kier alpha value is -0.730. The number of pyridine rings is 1. The first-order chi connectivity index (χ1) is 11.0. The van der Waals surface area contributed by atoms with E-state index in [2.05, 4.69) is 32.3 Å². The lowest BCUT2D eigenvalue weighted by atomic mass is 10.2. The van der Waals surface area contributed by atoms with Crippen LogP contribution in [-0.4, -0.2) is 11.0 Å². The molecule has 0 saturated heterocycles. The zero-order chi connectivity index (χ0) is 16.6. The SMILES string of the molecule is C[C@H](N)C(F)c1sc2c(NCc3cccs3)cc(Cl)nc2c1Br. The van der Waals surface area contributed by atoms with E-state index in [9.17, 15) is 4.39 Å². The number of anilines is 1. The van der Waals surface area contributed by atoms with Crippen LogP contribution in [0.25, 0.3) is 10.2 Å². The molecule has 3 N–H and O–H groups in total. The third kappa shape index (κ3) is 3.53. The maximum Gasteiger partial charge on any atom is 0.150 e. The second-order valence-electron chi connectivity index (χ2n) is 5.14. The van der Waals surface area contributed by atoms with Crippen molar-refractivity contribution in [1.29, 1.82) is 0 Å². The van der Waals surface area contributed by atoms with Gasteiger partial charge in [0.25, 0.3) is 0 Å². The third-order valence-corrected chi connectivity index (χ3v) is 6.73. The first kappa shape index (κ1) is 17.1. The van der Waals surface area contributed by atoms with Crippen molar-refractivity contribution in [2.75, 3.05) is 5.32 Å². The van der Waals surface area contributed by atoms with E-state index < -0.39 is 12.2 Å². The van der Waals surface area contributed by atoms with Crippen molar-refractivity contribution in [3.8, 4) is 0 Å². The van der Waals surface area contributed by atoms with Gasteiger partial charge >= 0.3 is 0 Å². The number of alkyl halides is 1. The highest BCUT2D eigenvalue weighted by Gasteiger charge is 2.24. The first-order valence-electron chi connectivity index (χ1n) is 6.91. The van der Waals surface area contributed by atoms with Crippen LogP contribution in [0.4, 0.5) is 10.1 Å². The molecule has 0 bridgehead atoms. The molecule has 3 nitrogen and oxygen atoms in total. The summed E-state index contributed by atoms with van der Waals surface area (Å²) in [6.45, 7) is 2.34. The summed E-state index contributed by atoms with van der Waals surface area (Å²) in [6, 6.07) is 5.24. The average molecular weight is 435 g/mol. The van der Waals surface area contributed by atoms with Gasteiger partial charge in [-0.2, -0.15) is 0 Å². The van der Waals surface area contributed by atoms with E-state index in [1.165, 1.54) is 16.2 Å². The van der Waals surface area contributed by atoms with Gasteiger partial charge in [0.1, 0.15) is 5.15 Å². The number of nitrogens with zero attached hydrogens (tertiary/aromatic N) is 1. The van der Waals surface area contributed by atoms with E-state index in [0.29, 0.717) is 26.6 Å². The lowest BCUT2D eigenvalue weighted by molar-refractivity contribution is 0.304. The molecule has 1 unspecified atom stereocenters. The number of nitrogens with one attached hydrogen (secondary N) is 1. The molecule has 122 valence electrons. The number of thiophene rings is 2. The van der Waals surface area contributed by atoms with Gasteiger partial charge < -0.3 is 11.1 Å². The molecule has 3 aromatic rings. The van der Waals surface area contributed by atoms with E-state index >= 15 is 0 Å². The van der Waals surface area contributed by atoms with Gasteiger partial charge in [-0.1, -0.05) is 17.7 Å². The molecule has 23 heavy (non-hydrogen) atoms. The molecule has 0 fully saturated rings. The standard InChI is InChI=1S/C15H14BrClFN3S2/c1-7(19)12(18)15-11(16)13-14(23-15)9(5-10(17)21-13)20-6-8-3-2-4-22-8/h2-5,7,12H,6,19H2,1H3,(H,20,21)/t7-,12?/m0/s1. The number of aromatic nitrogens is 1. The number of hydrogen-bond acceptors (Lipinski definition) is 5. The van der Waals surface area contributed by atoms with Crippen LogP contribution in [0.1, 0.15) is 22.8 Å². The molecule has 0 saturated carbocycles. The highest BCUT2D eigenvalue weighted by molar-refractivity contribution is 9.10. The molecule has 0 radical (unpaired) electrons. The second kappa shape index (κ2) is 7.03. The summed E-state index contributed by atoms with van der Waals surface area (Å²) in [5.41, 5.74) is 7.21.